The number of carboxylic acid groups (broad SMARTS) is 1. The molecule has 0 aliphatic carbocycles. The maximum absolute atomic E-state index is 13.4. The van der Waals surface area contributed by atoms with Crippen molar-refractivity contribution in [3.63, 3.8) is 0 Å². The molecule has 1 N–H and O–H groups in total. The third kappa shape index (κ3) is 3.88. The number of carboxylic acids is 1. The number of halogens is 2. The quantitative estimate of drug-likeness (QED) is 0.498. The van der Waals surface area contributed by atoms with Gasteiger partial charge in [0.25, 0.3) is 5.91 Å². The molecule has 0 atom stereocenters. The minimum absolute atomic E-state index is 0.0399. The number of rotatable bonds is 4. The van der Waals surface area contributed by atoms with Gasteiger partial charge in [0.1, 0.15) is 0 Å². The Labute approximate surface area is 183 Å². The SMILES string of the molecule is O=C(O)c1ccc(Cl)c(N2C(=O)/C(=C/c3ccccc3)C=C2c2ccc(Cl)cc2)c1. The van der Waals surface area contributed by atoms with Crippen LogP contribution in [-0.2, 0) is 4.79 Å². The number of nitrogens with zero attached hydrogens (tertiary/aromatic N) is 1. The molecule has 4 nitrogen and oxygen atoms in total. The van der Waals surface area contributed by atoms with E-state index in [-0.39, 0.29) is 16.5 Å². The fourth-order valence-corrected chi connectivity index (χ4v) is 3.56. The van der Waals surface area contributed by atoms with Crippen LogP contribution in [0.15, 0.2) is 84.4 Å². The molecule has 1 aliphatic heterocycles. The summed E-state index contributed by atoms with van der Waals surface area (Å²) < 4.78 is 0. The number of carbonyl (C=O) groups is 2. The van der Waals surface area contributed by atoms with Gasteiger partial charge in [-0.3, -0.25) is 9.69 Å². The van der Waals surface area contributed by atoms with Crippen LogP contribution in [0.1, 0.15) is 21.5 Å². The van der Waals surface area contributed by atoms with Gasteiger partial charge in [-0.15, -0.1) is 0 Å². The molecule has 3 aromatic carbocycles. The first-order valence-electron chi connectivity index (χ1n) is 9.06. The van der Waals surface area contributed by atoms with E-state index in [0.29, 0.717) is 22.0 Å². The van der Waals surface area contributed by atoms with Crippen LogP contribution in [0, 0.1) is 0 Å². The third-order valence-electron chi connectivity index (χ3n) is 4.68. The molecule has 0 unspecified atom stereocenters. The van der Waals surface area contributed by atoms with E-state index in [0.717, 1.165) is 11.1 Å². The fourth-order valence-electron chi connectivity index (χ4n) is 3.23. The van der Waals surface area contributed by atoms with Gasteiger partial charge < -0.3 is 5.11 Å². The normalized spacial score (nSPS) is 14.9. The molecule has 1 aliphatic rings. The van der Waals surface area contributed by atoms with Crippen molar-refractivity contribution in [2.45, 2.75) is 0 Å². The van der Waals surface area contributed by atoms with E-state index in [4.69, 9.17) is 23.2 Å². The fraction of sp³-hybridized carbons (Fsp3) is 0. The number of anilines is 1. The van der Waals surface area contributed by atoms with Gasteiger partial charge in [0.15, 0.2) is 0 Å². The van der Waals surface area contributed by atoms with Crippen LogP contribution in [0.3, 0.4) is 0 Å². The number of aromatic carboxylic acids is 1. The van der Waals surface area contributed by atoms with Gasteiger partial charge in [-0.1, -0.05) is 65.7 Å². The molecule has 0 saturated heterocycles. The number of hydrogen-bond donors (Lipinski definition) is 1. The van der Waals surface area contributed by atoms with E-state index < -0.39 is 5.97 Å². The van der Waals surface area contributed by atoms with Crippen LogP contribution < -0.4 is 4.90 Å². The molecule has 3 aromatic rings. The molecule has 6 heteroatoms. The molecule has 30 heavy (non-hydrogen) atoms. The van der Waals surface area contributed by atoms with Gasteiger partial charge in [0.2, 0.25) is 0 Å². The summed E-state index contributed by atoms with van der Waals surface area (Å²) in [6, 6.07) is 20.8. The molecule has 0 bridgehead atoms. The number of benzene rings is 3. The lowest BCUT2D eigenvalue weighted by molar-refractivity contribution is -0.113. The standard InChI is InChI=1S/C24H15Cl2NO3/c25-19-9-6-16(7-10-19)21-14-18(12-15-4-2-1-3-5-15)23(28)27(21)22-13-17(24(29)30)8-11-20(22)26/h1-14H,(H,29,30)/b18-12+. The second-order valence-corrected chi connectivity index (χ2v) is 7.50. The summed E-state index contributed by atoms with van der Waals surface area (Å²) in [7, 11) is 0. The van der Waals surface area contributed by atoms with Crippen LogP contribution in [0.25, 0.3) is 11.8 Å². The minimum atomic E-state index is -1.10. The lowest BCUT2D eigenvalue weighted by Crippen LogP contribution is -2.25. The highest BCUT2D eigenvalue weighted by atomic mass is 35.5. The van der Waals surface area contributed by atoms with Crippen molar-refractivity contribution < 1.29 is 14.7 Å². The second kappa shape index (κ2) is 8.19. The van der Waals surface area contributed by atoms with Crippen LogP contribution in [-0.4, -0.2) is 17.0 Å². The van der Waals surface area contributed by atoms with Crippen molar-refractivity contribution in [1.82, 2.24) is 0 Å². The van der Waals surface area contributed by atoms with E-state index in [1.807, 2.05) is 30.3 Å². The van der Waals surface area contributed by atoms with Gasteiger partial charge >= 0.3 is 5.97 Å². The summed E-state index contributed by atoms with van der Waals surface area (Å²) in [6.45, 7) is 0. The maximum atomic E-state index is 13.4. The van der Waals surface area contributed by atoms with Gasteiger partial charge in [0, 0.05) is 10.6 Å². The van der Waals surface area contributed by atoms with Gasteiger partial charge in [-0.2, -0.15) is 0 Å². The molecular formula is C24H15Cl2NO3. The number of amides is 1. The predicted octanol–water partition coefficient (Wildman–Crippen LogP) is 6.16. The summed E-state index contributed by atoms with van der Waals surface area (Å²) >= 11 is 12.4. The Morgan fingerprint density at radius 2 is 1.63 bits per heavy atom. The number of hydrogen-bond acceptors (Lipinski definition) is 2. The van der Waals surface area contributed by atoms with Crippen LogP contribution in [0.5, 0.6) is 0 Å². The zero-order valence-electron chi connectivity index (χ0n) is 15.5. The van der Waals surface area contributed by atoms with Crippen LogP contribution >= 0.6 is 23.2 Å². The van der Waals surface area contributed by atoms with Crippen LogP contribution in [0.2, 0.25) is 10.0 Å². The average Bonchev–Trinajstić information content (AvgIpc) is 3.05. The van der Waals surface area contributed by atoms with E-state index in [2.05, 4.69) is 0 Å². The Hall–Kier alpha value is -3.34. The first-order chi connectivity index (χ1) is 14.4. The lowest BCUT2D eigenvalue weighted by Gasteiger charge is -2.22. The van der Waals surface area contributed by atoms with Gasteiger partial charge in [-0.05, 0) is 53.6 Å². The minimum Gasteiger partial charge on any atom is -0.478 e. The van der Waals surface area contributed by atoms with E-state index in [1.54, 1.807) is 36.4 Å². The number of carbonyl (C=O) groups excluding carboxylic acids is 1. The zero-order chi connectivity index (χ0) is 21.3. The highest BCUT2D eigenvalue weighted by molar-refractivity contribution is 6.36. The lowest BCUT2D eigenvalue weighted by atomic mass is 10.1. The van der Waals surface area contributed by atoms with Crippen molar-refractivity contribution in [3.05, 3.63) is 111 Å². The first kappa shape index (κ1) is 20.0. The summed E-state index contributed by atoms with van der Waals surface area (Å²) in [5.74, 6) is -1.40. The van der Waals surface area contributed by atoms with Crippen molar-refractivity contribution in [1.29, 1.82) is 0 Å². The highest BCUT2D eigenvalue weighted by Crippen LogP contribution is 2.39. The Morgan fingerprint density at radius 3 is 2.30 bits per heavy atom. The van der Waals surface area contributed by atoms with Crippen molar-refractivity contribution in [3.8, 4) is 0 Å². The molecule has 1 amide bonds. The smallest absolute Gasteiger partial charge is 0.335 e. The second-order valence-electron chi connectivity index (χ2n) is 6.66. The van der Waals surface area contributed by atoms with Crippen molar-refractivity contribution in [2.75, 3.05) is 4.90 Å². The summed E-state index contributed by atoms with van der Waals surface area (Å²) in [5.41, 5.74) is 3.02. The molecule has 0 aromatic heterocycles. The zero-order valence-corrected chi connectivity index (χ0v) is 17.1. The predicted molar refractivity (Wildman–Crippen MR) is 120 cm³/mol. The molecule has 0 radical (unpaired) electrons. The summed E-state index contributed by atoms with van der Waals surface area (Å²) in [6.07, 6.45) is 3.55. The monoisotopic (exact) mass is 435 g/mol. The van der Waals surface area contributed by atoms with E-state index in [1.165, 1.54) is 23.1 Å². The van der Waals surface area contributed by atoms with E-state index >= 15 is 0 Å². The maximum Gasteiger partial charge on any atom is 0.335 e. The Balaban J connectivity index is 1.88. The summed E-state index contributed by atoms with van der Waals surface area (Å²) in [4.78, 5) is 26.3. The Kier molecular flexibility index (Phi) is 5.44. The van der Waals surface area contributed by atoms with Gasteiger partial charge in [0.05, 0.1) is 22.0 Å². The average molecular weight is 436 g/mol. The molecule has 1 heterocycles. The third-order valence-corrected chi connectivity index (χ3v) is 5.25. The molecule has 148 valence electrons. The van der Waals surface area contributed by atoms with Gasteiger partial charge in [-0.25, -0.2) is 4.79 Å². The van der Waals surface area contributed by atoms with Crippen molar-refractivity contribution in [2.24, 2.45) is 0 Å². The largest absolute Gasteiger partial charge is 0.478 e. The molecule has 0 saturated carbocycles. The first-order valence-corrected chi connectivity index (χ1v) is 9.81. The molecule has 0 fully saturated rings. The summed E-state index contributed by atoms with van der Waals surface area (Å²) in [5, 5.41) is 10.2. The Morgan fingerprint density at radius 1 is 0.933 bits per heavy atom. The van der Waals surface area contributed by atoms with Crippen LogP contribution in [0.4, 0.5) is 5.69 Å². The topological polar surface area (TPSA) is 57.6 Å². The molecular weight excluding hydrogens is 421 g/mol. The Bertz CT molecular complexity index is 1200. The molecule has 4 rings (SSSR count). The van der Waals surface area contributed by atoms with Crippen molar-refractivity contribution >= 4 is 52.5 Å². The highest BCUT2D eigenvalue weighted by Gasteiger charge is 2.32. The molecule has 0 spiro atoms. The van der Waals surface area contributed by atoms with E-state index in [9.17, 15) is 14.7 Å².